The van der Waals surface area contributed by atoms with Crippen LogP contribution in [0.25, 0.3) is 0 Å². The molecule has 0 amide bonds. The zero-order chi connectivity index (χ0) is 13.8. The zero-order valence-corrected chi connectivity index (χ0v) is 11.1. The first-order valence-corrected chi connectivity index (χ1v) is 6.21. The maximum atomic E-state index is 10.9. The van der Waals surface area contributed by atoms with Crippen LogP contribution >= 0.6 is 11.6 Å². The van der Waals surface area contributed by atoms with E-state index in [0.29, 0.717) is 10.7 Å². The average Bonchev–Trinajstić information content (AvgIpc) is 2.39. The minimum Gasteiger partial charge on any atom is -0.373 e. The van der Waals surface area contributed by atoms with Crippen LogP contribution in [0.15, 0.2) is 48.5 Å². The highest BCUT2D eigenvalue weighted by Gasteiger charge is 2.14. The van der Waals surface area contributed by atoms with Gasteiger partial charge in [-0.25, -0.2) is 0 Å². The summed E-state index contributed by atoms with van der Waals surface area (Å²) in [4.78, 5) is 10.5. The smallest absolute Gasteiger partial charge is 0.292 e. The molecule has 2 rings (SSSR count). The molecule has 0 aliphatic rings. The van der Waals surface area contributed by atoms with Crippen LogP contribution in [0, 0.1) is 10.1 Å². The highest BCUT2D eigenvalue weighted by molar-refractivity contribution is 6.30. The number of para-hydroxylation sites is 2. The highest BCUT2D eigenvalue weighted by Crippen LogP contribution is 2.28. The monoisotopic (exact) mass is 276 g/mol. The Morgan fingerprint density at radius 3 is 2.63 bits per heavy atom. The third-order valence-corrected chi connectivity index (χ3v) is 3.06. The quantitative estimate of drug-likeness (QED) is 0.664. The molecule has 2 aromatic carbocycles. The molecule has 0 aliphatic carbocycles. The fourth-order valence-electron chi connectivity index (χ4n) is 1.85. The van der Waals surface area contributed by atoms with E-state index in [0.717, 1.165) is 5.56 Å². The van der Waals surface area contributed by atoms with Crippen molar-refractivity contribution in [3.05, 3.63) is 69.2 Å². The van der Waals surface area contributed by atoms with E-state index >= 15 is 0 Å². The Morgan fingerprint density at radius 2 is 1.95 bits per heavy atom. The van der Waals surface area contributed by atoms with Gasteiger partial charge in [0.05, 0.1) is 4.92 Å². The normalized spacial score (nSPS) is 11.9. The summed E-state index contributed by atoms with van der Waals surface area (Å²) in [5, 5.41) is 14.7. The van der Waals surface area contributed by atoms with Crippen LogP contribution in [0.2, 0.25) is 5.02 Å². The molecule has 1 unspecified atom stereocenters. The van der Waals surface area contributed by atoms with E-state index in [1.165, 1.54) is 6.07 Å². The molecule has 1 N–H and O–H groups in total. The topological polar surface area (TPSA) is 55.2 Å². The second-order valence-corrected chi connectivity index (χ2v) is 4.63. The van der Waals surface area contributed by atoms with Crippen LogP contribution in [-0.2, 0) is 0 Å². The number of hydrogen-bond acceptors (Lipinski definition) is 3. The molecule has 0 aromatic heterocycles. The van der Waals surface area contributed by atoms with Crippen LogP contribution in [0.4, 0.5) is 11.4 Å². The second-order valence-electron chi connectivity index (χ2n) is 4.20. The SMILES string of the molecule is CC(Nc1ccccc1[N+](=O)[O-])c1cccc(Cl)c1. The third-order valence-electron chi connectivity index (χ3n) is 2.82. The van der Waals surface area contributed by atoms with Crippen LogP contribution in [0.5, 0.6) is 0 Å². The molecule has 0 radical (unpaired) electrons. The van der Waals surface area contributed by atoms with E-state index in [1.54, 1.807) is 24.3 Å². The van der Waals surface area contributed by atoms with Gasteiger partial charge in [-0.1, -0.05) is 35.9 Å². The number of rotatable bonds is 4. The van der Waals surface area contributed by atoms with Crippen molar-refractivity contribution in [1.29, 1.82) is 0 Å². The van der Waals surface area contributed by atoms with Crippen molar-refractivity contribution >= 4 is 23.0 Å². The molecular formula is C14H13ClN2O2. The molecule has 0 heterocycles. The molecule has 0 bridgehead atoms. The molecule has 2 aromatic rings. The number of halogens is 1. The maximum Gasteiger partial charge on any atom is 0.292 e. The summed E-state index contributed by atoms with van der Waals surface area (Å²) in [5.74, 6) is 0. The van der Waals surface area contributed by atoms with Crippen molar-refractivity contribution in [1.82, 2.24) is 0 Å². The van der Waals surface area contributed by atoms with E-state index < -0.39 is 4.92 Å². The molecule has 0 saturated carbocycles. The van der Waals surface area contributed by atoms with E-state index in [1.807, 2.05) is 25.1 Å². The first kappa shape index (κ1) is 13.4. The van der Waals surface area contributed by atoms with E-state index in [2.05, 4.69) is 5.32 Å². The number of hydrogen-bond donors (Lipinski definition) is 1. The summed E-state index contributed by atoms with van der Waals surface area (Å²) >= 11 is 5.94. The fraction of sp³-hybridized carbons (Fsp3) is 0.143. The highest BCUT2D eigenvalue weighted by atomic mass is 35.5. The van der Waals surface area contributed by atoms with Gasteiger partial charge in [-0.15, -0.1) is 0 Å². The molecule has 4 nitrogen and oxygen atoms in total. The summed E-state index contributed by atoms with van der Waals surface area (Å²) in [6.45, 7) is 1.93. The van der Waals surface area contributed by atoms with Gasteiger partial charge in [0.1, 0.15) is 5.69 Å². The molecule has 0 aliphatic heterocycles. The predicted molar refractivity (Wildman–Crippen MR) is 76.6 cm³/mol. The molecule has 0 spiro atoms. The Morgan fingerprint density at radius 1 is 1.21 bits per heavy atom. The summed E-state index contributed by atoms with van der Waals surface area (Å²) in [6, 6.07) is 13.9. The Labute approximate surface area is 116 Å². The largest absolute Gasteiger partial charge is 0.373 e. The molecule has 1 atom stereocenters. The van der Waals surface area contributed by atoms with Gasteiger partial charge in [-0.3, -0.25) is 10.1 Å². The Hall–Kier alpha value is -2.07. The van der Waals surface area contributed by atoms with Crippen molar-refractivity contribution < 1.29 is 4.92 Å². The second kappa shape index (κ2) is 5.71. The van der Waals surface area contributed by atoms with Crippen molar-refractivity contribution in [3.63, 3.8) is 0 Å². The zero-order valence-electron chi connectivity index (χ0n) is 10.3. The van der Waals surface area contributed by atoms with Crippen molar-refractivity contribution in [2.24, 2.45) is 0 Å². The first-order valence-electron chi connectivity index (χ1n) is 5.83. The first-order chi connectivity index (χ1) is 9.08. The lowest BCUT2D eigenvalue weighted by molar-refractivity contribution is -0.384. The average molecular weight is 277 g/mol. The van der Waals surface area contributed by atoms with E-state index in [4.69, 9.17) is 11.6 Å². The van der Waals surface area contributed by atoms with Gasteiger partial charge in [0.15, 0.2) is 0 Å². The Kier molecular flexibility index (Phi) is 4.02. The lowest BCUT2D eigenvalue weighted by Crippen LogP contribution is -2.08. The maximum absolute atomic E-state index is 10.9. The predicted octanol–water partition coefficient (Wildman–Crippen LogP) is 4.42. The van der Waals surface area contributed by atoms with Gasteiger partial charge in [-0.05, 0) is 30.7 Å². The van der Waals surface area contributed by atoms with Crippen molar-refractivity contribution in [2.75, 3.05) is 5.32 Å². The molecule has 19 heavy (non-hydrogen) atoms. The van der Waals surface area contributed by atoms with E-state index in [9.17, 15) is 10.1 Å². The van der Waals surface area contributed by atoms with Gasteiger partial charge >= 0.3 is 0 Å². The minimum atomic E-state index is -0.396. The van der Waals surface area contributed by atoms with Crippen molar-refractivity contribution in [3.8, 4) is 0 Å². The minimum absolute atomic E-state index is 0.0661. The van der Waals surface area contributed by atoms with Gasteiger partial charge < -0.3 is 5.32 Å². The van der Waals surface area contributed by atoms with Crippen LogP contribution in [-0.4, -0.2) is 4.92 Å². The molecule has 0 fully saturated rings. The number of nitro benzene ring substituents is 1. The number of nitro groups is 1. The van der Waals surface area contributed by atoms with Gasteiger partial charge in [0.25, 0.3) is 5.69 Å². The number of nitrogens with one attached hydrogen (secondary N) is 1. The number of nitrogens with zero attached hydrogens (tertiary/aromatic N) is 1. The Bertz CT molecular complexity index is 602. The lowest BCUT2D eigenvalue weighted by atomic mass is 10.1. The van der Waals surface area contributed by atoms with Crippen LogP contribution in [0.3, 0.4) is 0 Å². The van der Waals surface area contributed by atoms with Crippen LogP contribution < -0.4 is 5.32 Å². The third kappa shape index (κ3) is 3.23. The van der Waals surface area contributed by atoms with Crippen molar-refractivity contribution in [2.45, 2.75) is 13.0 Å². The van der Waals surface area contributed by atoms with E-state index in [-0.39, 0.29) is 11.7 Å². The standard InChI is InChI=1S/C14H13ClN2O2/c1-10(11-5-4-6-12(15)9-11)16-13-7-2-3-8-14(13)17(18)19/h2-10,16H,1H3. The summed E-state index contributed by atoms with van der Waals surface area (Å²) in [5.41, 5.74) is 1.54. The Balaban J connectivity index is 2.24. The van der Waals surface area contributed by atoms with Gasteiger partial charge in [0, 0.05) is 17.1 Å². The van der Waals surface area contributed by atoms with Crippen LogP contribution in [0.1, 0.15) is 18.5 Å². The molecule has 98 valence electrons. The summed E-state index contributed by atoms with van der Waals surface area (Å²) < 4.78 is 0. The summed E-state index contributed by atoms with van der Waals surface area (Å²) in [6.07, 6.45) is 0. The lowest BCUT2D eigenvalue weighted by Gasteiger charge is -2.15. The van der Waals surface area contributed by atoms with Gasteiger partial charge in [0.2, 0.25) is 0 Å². The molecular weight excluding hydrogens is 264 g/mol. The van der Waals surface area contributed by atoms with Gasteiger partial charge in [-0.2, -0.15) is 0 Å². The number of benzene rings is 2. The molecule has 5 heteroatoms. The fourth-order valence-corrected chi connectivity index (χ4v) is 2.05. The molecule has 0 saturated heterocycles. The number of anilines is 1. The summed E-state index contributed by atoms with van der Waals surface area (Å²) in [7, 11) is 0.